The normalized spacial score (nSPS) is 24.8. The van der Waals surface area contributed by atoms with Gasteiger partial charge in [-0.25, -0.2) is 9.97 Å². The molecule has 2 bridgehead atoms. The fourth-order valence-electron chi connectivity index (χ4n) is 3.68. The molecule has 0 aliphatic heterocycles. The summed E-state index contributed by atoms with van der Waals surface area (Å²) in [5.74, 6) is 3.12. The van der Waals surface area contributed by atoms with Crippen molar-refractivity contribution in [1.29, 1.82) is 0 Å². The second-order valence-corrected chi connectivity index (χ2v) is 6.62. The van der Waals surface area contributed by atoms with Gasteiger partial charge < -0.3 is 5.32 Å². The van der Waals surface area contributed by atoms with Gasteiger partial charge in [-0.2, -0.15) is 4.98 Å². The Bertz CT molecular complexity index is 930. The van der Waals surface area contributed by atoms with E-state index >= 15 is 0 Å². The zero-order valence-electron chi connectivity index (χ0n) is 13.4. The molecule has 0 unspecified atom stereocenters. The van der Waals surface area contributed by atoms with Crippen molar-refractivity contribution in [3.63, 3.8) is 0 Å². The molecule has 0 radical (unpaired) electrons. The highest BCUT2D eigenvalue weighted by atomic mass is 15.2. The van der Waals surface area contributed by atoms with Gasteiger partial charge in [-0.15, -0.1) is 0 Å². The maximum atomic E-state index is 4.77. The van der Waals surface area contributed by atoms with E-state index < -0.39 is 0 Å². The van der Waals surface area contributed by atoms with Gasteiger partial charge in [0.1, 0.15) is 6.33 Å². The Morgan fingerprint density at radius 1 is 1.21 bits per heavy atom. The summed E-state index contributed by atoms with van der Waals surface area (Å²) < 4.78 is 2.00. The Morgan fingerprint density at radius 3 is 2.79 bits per heavy atom. The summed E-state index contributed by atoms with van der Waals surface area (Å²) in [4.78, 5) is 17.9. The Kier molecular flexibility index (Phi) is 2.92. The van der Waals surface area contributed by atoms with Crippen LogP contribution in [0.2, 0.25) is 0 Å². The number of hydrogen-bond donors (Lipinski definition) is 1. The molecular formula is C18H18N6. The predicted molar refractivity (Wildman–Crippen MR) is 93.8 cm³/mol. The van der Waals surface area contributed by atoms with Crippen LogP contribution in [0, 0.1) is 11.8 Å². The van der Waals surface area contributed by atoms with Crippen molar-refractivity contribution in [2.45, 2.75) is 18.9 Å². The van der Waals surface area contributed by atoms with E-state index in [4.69, 9.17) is 4.98 Å². The molecule has 2 aromatic heterocycles. The third kappa shape index (κ3) is 1.95. The van der Waals surface area contributed by atoms with Gasteiger partial charge in [0.25, 0.3) is 0 Å². The first-order valence-corrected chi connectivity index (χ1v) is 8.31. The zero-order valence-corrected chi connectivity index (χ0v) is 13.4. The van der Waals surface area contributed by atoms with Crippen LogP contribution in [0.4, 0.5) is 5.95 Å². The molecule has 3 saturated carbocycles. The summed E-state index contributed by atoms with van der Waals surface area (Å²) >= 11 is 0. The molecule has 3 aromatic rings. The lowest BCUT2D eigenvalue weighted by atomic mass is 9.52. The number of benzene rings is 1. The smallest absolute Gasteiger partial charge is 0.224 e. The van der Waals surface area contributed by atoms with E-state index in [0.717, 1.165) is 34.3 Å². The summed E-state index contributed by atoms with van der Waals surface area (Å²) in [7, 11) is 1.75. The monoisotopic (exact) mass is 318 g/mol. The Hall–Kier alpha value is -2.76. The molecular weight excluding hydrogens is 300 g/mol. The van der Waals surface area contributed by atoms with E-state index in [1.54, 1.807) is 13.3 Å². The first kappa shape index (κ1) is 13.7. The second-order valence-electron chi connectivity index (χ2n) is 6.62. The standard InChI is InChI=1S/C18H18N6/c1-19-8-13-9-20-18(22-16-11-6-12(16)7-11)23-17(13)24-10-21-14-4-2-3-5-15(14)24/h2-5,8-12,16H,6-7H2,1H3,(H,20,22,23). The van der Waals surface area contributed by atoms with Crippen molar-refractivity contribution in [2.24, 2.45) is 16.8 Å². The van der Waals surface area contributed by atoms with Gasteiger partial charge in [-0.3, -0.25) is 9.56 Å². The van der Waals surface area contributed by atoms with Crippen LogP contribution in [-0.4, -0.2) is 38.8 Å². The Morgan fingerprint density at radius 2 is 2.04 bits per heavy atom. The van der Waals surface area contributed by atoms with Crippen LogP contribution < -0.4 is 5.32 Å². The fraction of sp³-hybridized carbons (Fsp3) is 0.333. The van der Waals surface area contributed by atoms with Gasteiger partial charge in [-0.1, -0.05) is 12.1 Å². The lowest BCUT2D eigenvalue weighted by Gasteiger charge is -2.58. The second kappa shape index (κ2) is 5.12. The molecule has 120 valence electrons. The fourth-order valence-corrected chi connectivity index (χ4v) is 3.68. The number of aliphatic imine (C=N–C) groups is 1. The summed E-state index contributed by atoms with van der Waals surface area (Å²) in [6.07, 6.45) is 8.14. The number of aromatic nitrogens is 4. The number of nitrogens with one attached hydrogen (secondary N) is 1. The quantitative estimate of drug-likeness (QED) is 0.751. The summed E-state index contributed by atoms with van der Waals surface area (Å²) in [5.41, 5.74) is 2.86. The highest BCUT2D eigenvalue weighted by molar-refractivity contribution is 5.86. The van der Waals surface area contributed by atoms with Crippen LogP contribution in [0.15, 0.2) is 41.8 Å². The molecule has 24 heavy (non-hydrogen) atoms. The summed E-state index contributed by atoms with van der Waals surface area (Å²) in [5, 5.41) is 3.50. The maximum Gasteiger partial charge on any atom is 0.224 e. The molecule has 3 aliphatic carbocycles. The van der Waals surface area contributed by atoms with Crippen LogP contribution in [0.5, 0.6) is 0 Å². The van der Waals surface area contributed by atoms with Crippen molar-refractivity contribution in [2.75, 3.05) is 12.4 Å². The Balaban J connectivity index is 1.58. The number of anilines is 1. The van der Waals surface area contributed by atoms with Crippen molar-refractivity contribution in [1.82, 2.24) is 19.5 Å². The number of hydrogen-bond acceptors (Lipinski definition) is 5. The van der Waals surface area contributed by atoms with Gasteiger partial charge in [-0.05, 0) is 36.8 Å². The lowest BCUT2D eigenvalue weighted by Crippen LogP contribution is -2.59. The van der Waals surface area contributed by atoms with Gasteiger partial charge in [0, 0.05) is 25.5 Å². The molecule has 0 spiro atoms. The minimum Gasteiger partial charge on any atom is -0.351 e. The van der Waals surface area contributed by atoms with E-state index in [1.165, 1.54) is 12.8 Å². The SMILES string of the molecule is CN=Cc1cnc(NC2C3CC2C3)nc1-n1cnc2ccccc21. The minimum atomic E-state index is 0.558. The largest absolute Gasteiger partial charge is 0.351 e. The van der Waals surface area contributed by atoms with Crippen molar-refractivity contribution >= 4 is 23.2 Å². The van der Waals surface area contributed by atoms with E-state index in [2.05, 4.69) is 20.3 Å². The third-order valence-electron chi connectivity index (χ3n) is 5.27. The molecule has 6 rings (SSSR count). The predicted octanol–water partition coefficient (Wildman–Crippen LogP) is 2.68. The Labute approximate surface area is 139 Å². The number of rotatable bonds is 4. The van der Waals surface area contributed by atoms with Gasteiger partial charge >= 0.3 is 0 Å². The molecule has 0 amide bonds. The molecule has 0 saturated heterocycles. The minimum absolute atomic E-state index is 0.558. The molecule has 3 aliphatic rings. The molecule has 0 atom stereocenters. The highest BCUT2D eigenvalue weighted by Gasteiger charge is 2.52. The topological polar surface area (TPSA) is 68.0 Å². The van der Waals surface area contributed by atoms with Crippen LogP contribution in [-0.2, 0) is 0 Å². The summed E-state index contributed by atoms with van der Waals surface area (Å²) in [6, 6.07) is 8.61. The van der Waals surface area contributed by atoms with E-state index in [9.17, 15) is 0 Å². The van der Waals surface area contributed by atoms with Gasteiger partial charge in [0.15, 0.2) is 5.82 Å². The maximum absolute atomic E-state index is 4.77. The molecule has 1 aromatic carbocycles. The first-order valence-electron chi connectivity index (χ1n) is 8.31. The van der Waals surface area contributed by atoms with Crippen molar-refractivity contribution < 1.29 is 0 Å². The molecule has 2 heterocycles. The van der Waals surface area contributed by atoms with Crippen molar-refractivity contribution in [3.05, 3.63) is 42.4 Å². The zero-order chi connectivity index (χ0) is 16.1. The third-order valence-corrected chi connectivity index (χ3v) is 5.27. The van der Waals surface area contributed by atoms with Gasteiger partial charge in [0.2, 0.25) is 5.95 Å². The van der Waals surface area contributed by atoms with Crippen LogP contribution >= 0.6 is 0 Å². The molecule has 6 nitrogen and oxygen atoms in total. The number of imidazole rings is 1. The molecule has 1 N–H and O–H groups in total. The van der Waals surface area contributed by atoms with Crippen LogP contribution in [0.1, 0.15) is 18.4 Å². The van der Waals surface area contributed by atoms with E-state index in [1.807, 2.05) is 41.4 Å². The highest BCUT2D eigenvalue weighted by Crippen LogP contribution is 2.54. The van der Waals surface area contributed by atoms with Crippen molar-refractivity contribution in [3.8, 4) is 5.82 Å². The average Bonchev–Trinajstić information content (AvgIpc) is 2.96. The van der Waals surface area contributed by atoms with E-state index in [0.29, 0.717) is 12.0 Å². The number of para-hydroxylation sites is 2. The molecule has 3 fully saturated rings. The van der Waals surface area contributed by atoms with Crippen LogP contribution in [0.25, 0.3) is 16.9 Å². The van der Waals surface area contributed by atoms with E-state index in [-0.39, 0.29) is 0 Å². The lowest BCUT2D eigenvalue weighted by molar-refractivity contribution is -0.00435. The average molecular weight is 318 g/mol. The number of nitrogens with zero attached hydrogens (tertiary/aromatic N) is 5. The van der Waals surface area contributed by atoms with Gasteiger partial charge in [0.05, 0.1) is 16.6 Å². The molecule has 6 heteroatoms. The first-order chi connectivity index (χ1) is 11.8. The summed E-state index contributed by atoms with van der Waals surface area (Å²) in [6.45, 7) is 0. The number of fused-ring (bicyclic) bond motifs is 1. The van der Waals surface area contributed by atoms with Crippen LogP contribution in [0.3, 0.4) is 0 Å².